The van der Waals surface area contributed by atoms with Gasteiger partial charge < -0.3 is 26.0 Å². The van der Waals surface area contributed by atoms with Gasteiger partial charge in [-0.25, -0.2) is 4.98 Å². The Bertz CT molecular complexity index is 475. The van der Waals surface area contributed by atoms with E-state index >= 15 is 0 Å². The van der Waals surface area contributed by atoms with Crippen LogP contribution >= 0.6 is 11.3 Å². The van der Waals surface area contributed by atoms with Gasteiger partial charge in [-0.05, 0) is 0 Å². The Morgan fingerprint density at radius 1 is 1.40 bits per heavy atom. The van der Waals surface area contributed by atoms with E-state index in [4.69, 9.17) is 10.5 Å². The number of nitrogen functional groups attached to an aromatic ring is 1. The lowest BCUT2D eigenvalue weighted by atomic mass is 10.4. The molecule has 1 aromatic rings. The molecule has 0 radical (unpaired) electrons. The second-order valence-electron chi connectivity index (χ2n) is 4.13. The summed E-state index contributed by atoms with van der Waals surface area (Å²) in [7, 11) is 5.16. The lowest BCUT2D eigenvalue weighted by Gasteiger charge is -2.06. The van der Waals surface area contributed by atoms with Crippen molar-refractivity contribution in [1.29, 1.82) is 0 Å². The highest BCUT2D eigenvalue weighted by molar-refractivity contribution is 7.18. The van der Waals surface area contributed by atoms with Crippen LogP contribution in [0.1, 0.15) is 9.67 Å². The molecule has 0 aliphatic heterocycles. The molecule has 0 atom stereocenters. The molecule has 8 nitrogen and oxygen atoms in total. The number of rotatable bonds is 7. The first-order valence-electron chi connectivity index (χ1n) is 5.93. The molecule has 0 saturated heterocycles. The van der Waals surface area contributed by atoms with E-state index in [0.29, 0.717) is 23.2 Å². The molecule has 1 aromatic heterocycles. The van der Waals surface area contributed by atoms with Crippen molar-refractivity contribution >= 4 is 34.1 Å². The molecule has 0 aliphatic rings. The predicted octanol–water partition coefficient (Wildman–Crippen LogP) is -0.716. The van der Waals surface area contributed by atoms with Crippen LogP contribution in [0.15, 0.2) is 0 Å². The highest BCUT2D eigenvalue weighted by Crippen LogP contribution is 2.26. The molecular weight excluding hydrogens is 282 g/mol. The van der Waals surface area contributed by atoms with E-state index in [9.17, 15) is 9.59 Å². The molecule has 20 heavy (non-hydrogen) atoms. The minimum atomic E-state index is -0.407. The fourth-order valence-electron chi connectivity index (χ4n) is 1.27. The number of thiazole rings is 1. The van der Waals surface area contributed by atoms with Crippen LogP contribution < -0.4 is 21.3 Å². The Balaban J connectivity index is 2.48. The van der Waals surface area contributed by atoms with E-state index in [2.05, 4.69) is 15.6 Å². The van der Waals surface area contributed by atoms with Gasteiger partial charge in [0.25, 0.3) is 5.91 Å². The van der Waals surface area contributed by atoms with Crippen molar-refractivity contribution in [1.82, 2.24) is 15.6 Å². The number of amides is 2. The molecule has 9 heteroatoms. The van der Waals surface area contributed by atoms with Crippen LogP contribution in [0, 0.1) is 0 Å². The summed E-state index contributed by atoms with van der Waals surface area (Å²) in [6.07, 6.45) is 0. The number of ether oxygens (including phenoxy) is 1. The predicted molar refractivity (Wildman–Crippen MR) is 78.1 cm³/mol. The number of carbonyl (C=O) groups is 2. The van der Waals surface area contributed by atoms with E-state index < -0.39 is 5.91 Å². The average molecular weight is 301 g/mol. The quantitative estimate of drug-likeness (QED) is 0.574. The smallest absolute Gasteiger partial charge is 0.265 e. The molecule has 2 amide bonds. The van der Waals surface area contributed by atoms with Crippen molar-refractivity contribution < 1.29 is 14.3 Å². The first-order chi connectivity index (χ1) is 9.45. The molecule has 0 saturated carbocycles. The molecule has 4 N–H and O–H groups in total. The number of hydrogen-bond donors (Lipinski definition) is 3. The van der Waals surface area contributed by atoms with Crippen LogP contribution in [-0.4, -0.2) is 57.7 Å². The monoisotopic (exact) mass is 301 g/mol. The highest BCUT2D eigenvalue weighted by Gasteiger charge is 2.17. The fourth-order valence-corrected chi connectivity index (χ4v) is 2.09. The van der Waals surface area contributed by atoms with E-state index in [0.717, 1.165) is 0 Å². The van der Waals surface area contributed by atoms with Crippen molar-refractivity contribution in [3.8, 4) is 0 Å². The van der Waals surface area contributed by atoms with Crippen LogP contribution in [0.5, 0.6) is 0 Å². The maximum absolute atomic E-state index is 11.9. The van der Waals surface area contributed by atoms with Crippen LogP contribution in [0.25, 0.3) is 0 Å². The Hall–Kier alpha value is -1.87. The van der Waals surface area contributed by atoms with Gasteiger partial charge in [0.05, 0.1) is 13.2 Å². The first kappa shape index (κ1) is 16.2. The third kappa shape index (κ3) is 4.67. The van der Waals surface area contributed by atoms with Gasteiger partial charge in [-0.2, -0.15) is 0 Å². The zero-order valence-electron chi connectivity index (χ0n) is 11.7. The van der Waals surface area contributed by atoms with Crippen molar-refractivity contribution in [2.24, 2.45) is 0 Å². The molecular formula is C11H19N5O3S. The SMILES string of the molecule is COCCNC(=O)CNC(=O)c1sc(N(C)C)nc1N. The molecule has 1 rings (SSSR count). The fraction of sp³-hybridized carbons (Fsp3) is 0.545. The van der Waals surface area contributed by atoms with Gasteiger partial charge in [-0.1, -0.05) is 11.3 Å². The highest BCUT2D eigenvalue weighted by atomic mass is 32.1. The third-order valence-electron chi connectivity index (χ3n) is 2.27. The van der Waals surface area contributed by atoms with Crippen molar-refractivity contribution in [3.05, 3.63) is 4.88 Å². The van der Waals surface area contributed by atoms with E-state index in [1.54, 1.807) is 12.0 Å². The molecule has 1 heterocycles. The summed E-state index contributed by atoms with van der Waals surface area (Å²) in [4.78, 5) is 29.4. The third-order valence-corrected chi connectivity index (χ3v) is 3.51. The summed E-state index contributed by atoms with van der Waals surface area (Å²) in [6, 6.07) is 0. The van der Waals surface area contributed by atoms with Gasteiger partial charge in [-0.3, -0.25) is 9.59 Å². The summed E-state index contributed by atoms with van der Waals surface area (Å²) in [5.41, 5.74) is 5.68. The van der Waals surface area contributed by atoms with Gasteiger partial charge in [-0.15, -0.1) is 0 Å². The Kier molecular flexibility index (Phi) is 6.19. The molecule has 0 spiro atoms. The van der Waals surface area contributed by atoms with Crippen LogP contribution in [0.2, 0.25) is 0 Å². The maximum Gasteiger partial charge on any atom is 0.265 e. The van der Waals surface area contributed by atoms with E-state index in [-0.39, 0.29) is 18.3 Å². The van der Waals surface area contributed by atoms with Crippen molar-refractivity contribution in [3.63, 3.8) is 0 Å². The lowest BCUT2D eigenvalue weighted by Crippen LogP contribution is -2.38. The van der Waals surface area contributed by atoms with Gasteiger partial charge in [0, 0.05) is 27.7 Å². The second-order valence-corrected chi connectivity index (χ2v) is 5.11. The molecule has 112 valence electrons. The Labute approximate surface area is 121 Å². The Morgan fingerprint density at radius 2 is 2.10 bits per heavy atom. The molecule has 0 aromatic carbocycles. The normalized spacial score (nSPS) is 10.2. The summed E-state index contributed by atoms with van der Waals surface area (Å²) in [6.45, 7) is 0.712. The zero-order chi connectivity index (χ0) is 15.1. The van der Waals surface area contributed by atoms with Gasteiger partial charge in [0.15, 0.2) is 5.13 Å². The standard InChI is InChI=1S/C11H19N5O3S/c1-16(2)11-15-9(12)8(20-11)10(18)14-6-7(17)13-4-5-19-3/h4-6,12H2,1-3H3,(H,13,17)(H,14,18). The van der Waals surface area contributed by atoms with Crippen LogP contribution in [-0.2, 0) is 9.53 Å². The number of nitrogens with two attached hydrogens (primary N) is 1. The molecule has 0 aliphatic carbocycles. The maximum atomic E-state index is 11.9. The van der Waals surface area contributed by atoms with Crippen LogP contribution in [0.3, 0.4) is 0 Å². The number of aromatic nitrogens is 1. The van der Waals surface area contributed by atoms with Crippen LogP contribution in [0.4, 0.5) is 10.9 Å². The summed E-state index contributed by atoms with van der Waals surface area (Å²) >= 11 is 1.17. The zero-order valence-corrected chi connectivity index (χ0v) is 12.5. The number of anilines is 2. The summed E-state index contributed by atoms with van der Waals surface area (Å²) in [5, 5.41) is 5.73. The van der Waals surface area contributed by atoms with Gasteiger partial charge in [0.2, 0.25) is 5.91 Å². The van der Waals surface area contributed by atoms with Gasteiger partial charge in [0.1, 0.15) is 10.7 Å². The number of hydrogen-bond acceptors (Lipinski definition) is 7. The van der Waals surface area contributed by atoms with Crippen molar-refractivity contribution in [2.75, 3.05) is 51.5 Å². The van der Waals surface area contributed by atoms with E-state index in [1.807, 2.05) is 14.1 Å². The van der Waals surface area contributed by atoms with E-state index in [1.165, 1.54) is 11.3 Å². The topological polar surface area (TPSA) is 110 Å². The first-order valence-corrected chi connectivity index (χ1v) is 6.74. The van der Waals surface area contributed by atoms with Crippen molar-refractivity contribution in [2.45, 2.75) is 0 Å². The largest absolute Gasteiger partial charge is 0.383 e. The lowest BCUT2D eigenvalue weighted by molar-refractivity contribution is -0.120. The molecule has 0 unspecified atom stereocenters. The molecule has 0 fully saturated rings. The number of nitrogens with one attached hydrogen (secondary N) is 2. The minimum absolute atomic E-state index is 0.114. The summed E-state index contributed by atoms with van der Waals surface area (Å²) < 4.78 is 4.80. The van der Waals surface area contributed by atoms with Gasteiger partial charge >= 0.3 is 0 Å². The second kappa shape index (κ2) is 7.65. The Morgan fingerprint density at radius 3 is 2.65 bits per heavy atom. The number of nitrogens with zero attached hydrogens (tertiary/aromatic N) is 2. The minimum Gasteiger partial charge on any atom is -0.383 e. The molecule has 0 bridgehead atoms. The number of carbonyl (C=O) groups excluding carboxylic acids is 2. The average Bonchev–Trinajstić information content (AvgIpc) is 2.79. The summed E-state index contributed by atoms with van der Waals surface area (Å²) in [5.74, 6) is -0.530. The number of methoxy groups -OCH3 is 1.